The maximum Gasteiger partial charge on any atom is 0.337 e. The van der Waals surface area contributed by atoms with Gasteiger partial charge in [0.25, 0.3) is 5.69 Å². The molecule has 1 aliphatic rings. The smallest absolute Gasteiger partial charge is 0.337 e. The van der Waals surface area contributed by atoms with Crippen molar-refractivity contribution in [1.82, 2.24) is 10.2 Å². The van der Waals surface area contributed by atoms with Gasteiger partial charge in [-0.25, -0.2) is 9.59 Å². The molecule has 0 saturated heterocycles. The van der Waals surface area contributed by atoms with Gasteiger partial charge in [-0.05, 0) is 25.5 Å². The number of rotatable bonds is 4. The summed E-state index contributed by atoms with van der Waals surface area (Å²) in [5, 5.41) is 13.7. The van der Waals surface area contributed by atoms with Crippen LogP contribution in [0.4, 0.5) is 10.5 Å². The molecule has 1 N–H and O–H groups in total. The van der Waals surface area contributed by atoms with Crippen molar-refractivity contribution >= 4 is 29.3 Å². The Hall–Kier alpha value is -2.61. The van der Waals surface area contributed by atoms with Gasteiger partial charge in [0, 0.05) is 18.3 Å². The molecular formula is C15H16ClN3O5. The van der Waals surface area contributed by atoms with E-state index in [2.05, 4.69) is 5.32 Å². The van der Waals surface area contributed by atoms with Crippen LogP contribution in [0.25, 0.3) is 0 Å². The minimum absolute atomic E-state index is 0.0265. The number of ether oxygens (including phenoxy) is 1. The van der Waals surface area contributed by atoms with E-state index < -0.39 is 23.0 Å². The fraction of sp³-hybridized carbons (Fsp3) is 0.333. The summed E-state index contributed by atoms with van der Waals surface area (Å²) in [5.41, 5.74) is 0.726. The zero-order valence-electron chi connectivity index (χ0n) is 13.3. The number of nitro benzene ring substituents is 1. The minimum atomic E-state index is -0.858. The lowest BCUT2D eigenvalue weighted by Gasteiger charge is -2.34. The molecule has 2 amide bonds. The zero-order valence-corrected chi connectivity index (χ0v) is 14.1. The molecule has 0 bridgehead atoms. The highest BCUT2D eigenvalue weighted by molar-refractivity contribution is 6.32. The molecule has 24 heavy (non-hydrogen) atoms. The molecule has 0 fully saturated rings. The standard InChI is InChI=1S/C15H16ClN3O5/c1-4-18-8(2)12(14(20)24-3)13(17-15(18)21)9-5-6-10(16)11(7-9)19(22)23/h5-7,13H,4H2,1-3H3,(H,17,21)/t13-/m0/s1. The van der Waals surface area contributed by atoms with Crippen molar-refractivity contribution < 1.29 is 19.2 Å². The van der Waals surface area contributed by atoms with Crippen molar-refractivity contribution in [2.75, 3.05) is 13.7 Å². The number of hydrogen-bond donors (Lipinski definition) is 1. The number of nitrogens with zero attached hydrogens (tertiary/aromatic N) is 2. The summed E-state index contributed by atoms with van der Waals surface area (Å²) in [6.45, 7) is 3.77. The van der Waals surface area contributed by atoms with Crippen LogP contribution in [-0.4, -0.2) is 35.5 Å². The molecule has 0 unspecified atom stereocenters. The van der Waals surface area contributed by atoms with Crippen LogP contribution in [0.3, 0.4) is 0 Å². The SMILES string of the molecule is CCN1C(=O)N[C@@H](c2ccc(Cl)c([N+](=O)[O-])c2)C(C(=O)OC)=C1C. The van der Waals surface area contributed by atoms with Crippen molar-refractivity contribution in [2.24, 2.45) is 0 Å². The van der Waals surface area contributed by atoms with E-state index in [-0.39, 0.29) is 16.3 Å². The molecule has 1 atom stereocenters. The fourth-order valence-electron chi connectivity index (χ4n) is 2.64. The number of halogens is 1. The van der Waals surface area contributed by atoms with Gasteiger partial charge in [0.1, 0.15) is 5.02 Å². The Kier molecular flexibility index (Phi) is 5.08. The van der Waals surface area contributed by atoms with Gasteiger partial charge in [-0.3, -0.25) is 15.0 Å². The molecule has 0 spiro atoms. The largest absolute Gasteiger partial charge is 0.466 e. The minimum Gasteiger partial charge on any atom is -0.466 e. The van der Waals surface area contributed by atoms with Crippen LogP contribution in [0.1, 0.15) is 25.5 Å². The van der Waals surface area contributed by atoms with Crippen LogP contribution < -0.4 is 5.32 Å². The van der Waals surface area contributed by atoms with Crippen LogP contribution in [-0.2, 0) is 9.53 Å². The Morgan fingerprint density at radius 2 is 2.17 bits per heavy atom. The van der Waals surface area contributed by atoms with E-state index in [1.807, 2.05) is 0 Å². The summed E-state index contributed by atoms with van der Waals surface area (Å²) in [6, 6.07) is 2.87. The number of allylic oxidation sites excluding steroid dienone is 1. The predicted molar refractivity (Wildman–Crippen MR) is 86.5 cm³/mol. The number of urea groups is 1. The number of carbonyl (C=O) groups is 2. The van der Waals surface area contributed by atoms with E-state index in [4.69, 9.17) is 16.3 Å². The van der Waals surface area contributed by atoms with Crippen LogP contribution in [0.5, 0.6) is 0 Å². The summed E-state index contributed by atoms with van der Waals surface area (Å²) < 4.78 is 4.81. The van der Waals surface area contributed by atoms with Crippen LogP contribution in [0.15, 0.2) is 29.5 Å². The molecule has 1 aliphatic heterocycles. The fourth-order valence-corrected chi connectivity index (χ4v) is 2.82. The van der Waals surface area contributed by atoms with E-state index in [1.165, 1.54) is 30.2 Å². The third-order valence-corrected chi connectivity index (χ3v) is 4.14. The monoisotopic (exact) mass is 353 g/mol. The molecule has 0 aromatic heterocycles. The maximum absolute atomic E-state index is 12.2. The second kappa shape index (κ2) is 6.88. The second-order valence-electron chi connectivity index (χ2n) is 5.09. The van der Waals surface area contributed by atoms with Crippen molar-refractivity contribution in [3.8, 4) is 0 Å². The molecule has 1 aromatic carbocycles. The van der Waals surface area contributed by atoms with Gasteiger partial charge in [-0.2, -0.15) is 0 Å². The highest BCUT2D eigenvalue weighted by atomic mass is 35.5. The predicted octanol–water partition coefficient (Wildman–Crippen LogP) is 2.78. The van der Waals surface area contributed by atoms with Gasteiger partial charge in [-0.1, -0.05) is 17.7 Å². The number of nitrogens with one attached hydrogen (secondary N) is 1. The molecular weight excluding hydrogens is 338 g/mol. The second-order valence-corrected chi connectivity index (χ2v) is 5.49. The van der Waals surface area contributed by atoms with E-state index in [0.29, 0.717) is 17.8 Å². The lowest BCUT2D eigenvalue weighted by molar-refractivity contribution is -0.384. The first-order valence-electron chi connectivity index (χ1n) is 7.12. The summed E-state index contributed by atoms with van der Waals surface area (Å²) >= 11 is 5.82. The molecule has 1 aromatic rings. The van der Waals surface area contributed by atoms with E-state index in [0.717, 1.165) is 0 Å². The van der Waals surface area contributed by atoms with Gasteiger partial charge in [0.2, 0.25) is 0 Å². The molecule has 1 heterocycles. The molecule has 8 nitrogen and oxygen atoms in total. The average Bonchev–Trinajstić information content (AvgIpc) is 2.54. The maximum atomic E-state index is 12.2. The van der Waals surface area contributed by atoms with E-state index in [1.54, 1.807) is 13.8 Å². The Balaban J connectivity index is 2.61. The van der Waals surface area contributed by atoms with E-state index >= 15 is 0 Å². The van der Waals surface area contributed by atoms with Gasteiger partial charge >= 0.3 is 12.0 Å². The molecule has 0 radical (unpaired) electrons. The number of benzene rings is 1. The lowest BCUT2D eigenvalue weighted by Crippen LogP contribution is -2.47. The normalized spacial score (nSPS) is 17.6. The van der Waals surface area contributed by atoms with Crippen LogP contribution >= 0.6 is 11.6 Å². The average molecular weight is 354 g/mol. The number of nitro groups is 1. The molecule has 9 heteroatoms. The van der Waals surface area contributed by atoms with Gasteiger partial charge < -0.3 is 10.1 Å². The van der Waals surface area contributed by atoms with Crippen molar-refractivity contribution in [3.05, 3.63) is 50.2 Å². The lowest BCUT2D eigenvalue weighted by atomic mass is 9.94. The Bertz CT molecular complexity index is 747. The van der Waals surface area contributed by atoms with Crippen molar-refractivity contribution in [1.29, 1.82) is 0 Å². The first kappa shape index (κ1) is 17.7. The first-order valence-corrected chi connectivity index (χ1v) is 7.50. The van der Waals surface area contributed by atoms with E-state index in [9.17, 15) is 19.7 Å². The molecule has 0 aliphatic carbocycles. The molecule has 128 valence electrons. The number of amides is 2. The van der Waals surface area contributed by atoms with Gasteiger partial charge in [0.05, 0.1) is 23.6 Å². The summed E-state index contributed by atoms with van der Waals surface area (Å²) in [5.74, 6) is -0.617. The van der Waals surface area contributed by atoms with Crippen LogP contribution in [0.2, 0.25) is 5.02 Å². The quantitative estimate of drug-likeness (QED) is 0.509. The number of methoxy groups -OCH3 is 1. The van der Waals surface area contributed by atoms with Crippen molar-refractivity contribution in [3.63, 3.8) is 0 Å². The highest BCUT2D eigenvalue weighted by Crippen LogP contribution is 2.34. The molecule has 0 saturated carbocycles. The third-order valence-electron chi connectivity index (χ3n) is 3.82. The highest BCUT2D eigenvalue weighted by Gasteiger charge is 2.36. The Morgan fingerprint density at radius 1 is 1.50 bits per heavy atom. The molecule has 2 rings (SSSR count). The number of carbonyl (C=O) groups excluding carboxylic acids is 2. The zero-order chi connectivity index (χ0) is 18.0. The van der Waals surface area contributed by atoms with Gasteiger partial charge in [-0.15, -0.1) is 0 Å². The number of hydrogen-bond acceptors (Lipinski definition) is 5. The third kappa shape index (κ3) is 3.05. The van der Waals surface area contributed by atoms with Crippen LogP contribution in [0, 0.1) is 10.1 Å². The summed E-state index contributed by atoms with van der Waals surface area (Å²) in [4.78, 5) is 36.3. The topological polar surface area (TPSA) is 102 Å². The Labute approximate surface area is 143 Å². The summed E-state index contributed by atoms with van der Waals surface area (Å²) in [7, 11) is 1.23. The first-order chi connectivity index (χ1) is 11.3. The van der Waals surface area contributed by atoms with Gasteiger partial charge in [0.15, 0.2) is 0 Å². The number of esters is 1. The summed E-state index contributed by atoms with van der Waals surface area (Å²) in [6.07, 6.45) is 0. The van der Waals surface area contributed by atoms with Crippen molar-refractivity contribution in [2.45, 2.75) is 19.9 Å². The Morgan fingerprint density at radius 3 is 2.71 bits per heavy atom.